The van der Waals surface area contributed by atoms with Crippen molar-refractivity contribution < 1.29 is 17.9 Å². The van der Waals surface area contributed by atoms with Crippen LogP contribution in [0, 0.1) is 0 Å². The predicted octanol–water partition coefficient (Wildman–Crippen LogP) is 3.89. The topological polar surface area (TPSA) is 63.7 Å². The second-order valence-electron chi connectivity index (χ2n) is 6.64. The summed E-state index contributed by atoms with van der Waals surface area (Å²) >= 11 is 1.65. The van der Waals surface area contributed by atoms with Crippen LogP contribution in [0.2, 0.25) is 0 Å². The van der Waals surface area contributed by atoms with Gasteiger partial charge in [0, 0.05) is 18.0 Å². The average Bonchev–Trinajstić information content (AvgIpc) is 2.74. The molecular formula is C21H25NO4S2. The lowest BCUT2D eigenvalue weighted by Gasteiger charge is -2.32. The molecule has 0 unspecified atom stereocenters. The molecule has 1 amide bonds. The summed E-state index contributed by atoms with van der Waals surface area (Å²) in [6.07, 6.45) is 0.895. The molecule has 2 aromatic rings. The van der Waals surface area contributed by atoms with Crippen LogP contribution in [0.1, 0.15) is 30.1 Å². The molecule has 1 aliphatic heterocycles. The Hall–Kier alpha value is -1.99. The molecule has 0 aliphatic carbocycles. The van der Waals surface area contributed by atoms with Crippen molar-refractivity contribution in [2.24, 2.45) is 0 Å². The Labute approximate surface area is 171 Å². The van der Waals surface area contributed by atoms with E-state index in [1.54, 1.807) is 48.0 Å². The molecule has 28 heavy (non-hydrogen) atoms. The number of benzene rings is 2. The monoisotopic (exact) mass is 419 g/mol. The highest BCUT2D eigenvalue weighted by Crippen LogP contribution is 2.28. The minimum absolute atomic E-state index is 0.0168. The van der Waals surface area contributed by atoms with Crippen molar-refractivity contribution in [1.82, 2.24) is 4.90 Å². The Bertz CT molecular complexity index is 918. The Morgan fingerprint density at radius 1 is 1.11 bits per heavy atom. The molecule has 0 bridgehead atoms. The molecule has 1 aliphatic rings. The normalized spacial score (nSPS) is 15.4. The summed E-state index contributed by atoms with van der Waals surface area (Å²) in [7, 11) is -1.87. The summed E-state index contributed by atoms with van der Waals surface area (Å²) in [5, 5.41) is -0.467. The summed E-state index contributed by atoms with van der Waals surface area (Å²) in [6, 6.07) is 14.1. The van der Waals surface area contributed by atoms with E-state index in [9.17, 15) is 13.2 Å². The second kappa shape index (κ2) is 9.01. The molecule has 1 saturated heterocycles. The molecule has 1 heterocycles. The van der Waals surface area contributed by atoms with Gasteiger partial charge in [0.25, 0.3) is 5.91 Å². The van der Waals surface area contributed by atoms with E-state index in [-0.39, 0.29) is 5.91 Å². The van der Waals surface area contributed by atoms with E-state index in [1.807, 2.05) is 24.3 Å². The van der Waals surface area contributed by atoms with Crippen LogP contribution in [0.3, 0.4) is 0 Å². The number of amides is 1. The van der Waals surface area contributed by atoms with Crippen LogP contribution in [0.15, 0.2) is 58.3 Å². The van der Waals surface area contributed by atoms with Crippen LogP contribution < -0.4 is 4.74 Å². The molecule has 0 aromatic heterocycles. The molecule has 3 rings (SSSR count). The maximum absolute atomic E-state index is 12.9. The molecule has 0 N–H and O–H groups in total. The second-order valence-corrected chi connectivity index (χ2v) is 10.2. The third kappa shape index (κ3) is 4.36. The fraction of sp³-hybridized carbons (Fsp3) is 0.381. The number of hydrogen-bond donors (Lipinski definition) is 0. The summed E-state index contributed by atoms with van der Waals surface area (Å²) in [6.45, 7) is 2.95. The molecule has 0 radical (unpaired) electrons. The van der Waals surface area contributed by atoms with Crippen molar-refractivity contribution in [3.8, 4) is 5.75 Å². The van der Waals surface area contributed by atoms with E-state index in [0.29, 0.717) is 42.1 Å². The molecule has 0 atom stereocenters. The van der Waals surface area contributed by atoms with Crippen LogP contribution in [0.4, 0.5) is 0 Å². The number of carbonyl (C=O) groups is 1. The van der Waals surface area contributed by atoms with E-state index in [1.165, 1.54) is 0 Å². The van der Waals surface area contributed by atoms with E-state index >= 15 is 0 Å². The van der Waals surface area contributed by atoms with Crippen molar-refractivity contribution in [2.45, 2.75) is 34.8 Å². The highest BCUT2D eigenvalue weighted by molar-refractivity contribution is 7.99. The van der Waals surface area contributed by atoms with Crippen molar-refractivity contribution >= 4 is 27.5 Å². The van der Waals surface area contributed by atoms with Gasteiger partial charge in [-0.3, -0.25) is 4.79 Å². The Balaban J connectivity index is 1.69. The number of likely N-dealkylation sites (tertiary alicyclic amines) is 1. The van der Waals surface area contributed by atoms with Crippen LogP contribution in [-0.2, 0) is 9.84 Å². The quantitative estimate of drug-likeness (QED) is 0.665. The zero-order valence-electron chi connectivity index (χ0n) is 16.1. The third-order valence-electron chi connectivity index (χ3n) is 4.97. The van der Waals surface area contributed by atoms with E-state index < -0.39 is 15.1 Å². The van der Waals surface area contributed by atoms with Crippen LogP contribution in [0.25, 0.3) is 0 Å². The van der Waals surface area contributed by atoms with Gasteiger partial charge in [0.1, 0.15) is 5.75 Å². The van der Waals surface area contributed by atoms with E-state index in [0.717, 1.165) is 10.6 Å². The van der Waals surface area contributed by atoms with Crippen LogP contribution >= 0.6 is 11.8 Å². The number of hydrogen-bond acceptors (Lipinski definition) is 5. The van der Waals surface area contributed by atoms with Crippen molar-refractivity contribution in [3.63, 3.8) is 0 Å². The van der Waals surface area contributed by atoms with Crippen molar-refractivity contribution in [1.29, 1.82) is 0 Å². The maximum Gasteiger partial charge on any atom is 0.254 e. The number of nitrogens with zero attached hydrogens (tertiary/aromatic N) is 1. The smallest absolute Gasteiger partial charge is 0.254 e. The van der Waals surface area contributed by atoms with Gasteiger partial charge in [0.2, 0.25) is 0 Å². The average molecular weight is 420 g/mol. The number of sulfone groups is 1. The number of thioether (sulfide) groups is 1. The van der Waals surface area contributed by atoms with E-state index in [2.05, 4.69) is 6.92 Å². The lowest BCUT2D eigenvalue weighted by molar-refractivity contribution is 0.0722. The zero-order chi connectivity index (χ0) is 20.1. The van der Waals surface area contributed by atoms with Gasteiger partial charge in [-0.2, -0.15) is 0 Å². The first-order valence-electron chi connectivity index (χ1n) is 9.36. The Morgan fingerprint density at radius 3 is 2.36 bits per heavy atom. The van der Waals surface area contributed by atoms with Gasteiger partial charge >= 0.3 is 0 Å². The number of rotatable bonds is 6. The van der Waals surface area contributed by atoms with Gasteiger partial charge in [-0.1, -0.05) is 19.1 Å². The zero-order valence-corrected chi connectivity index (χ0v) is 17.8. The first kappa shape index (κ1) is 20.7. The molecule has 1 fully saturated rings. The van der Waals surface area contributed by atoms with Gasteiger partial charge in [-0.15, -0.1) is 11.8 Å². The first-order chi connectivity index (χ1) is 13.5. The van der Waals surface area contributed by atoms with Gasteiger partial charge in [0.05, 0.1) is 22.8 Å². The predicted molar refractivity (Wildman–Crippen MR) is 112 cm³/mol. The highest BCUT2D eigenvalue weighted by Gasteiger charge is 2.33. The largest absolute Gasteiger partial charge is 0.497 e. The van der Waals surface area contributed by atoms with Gasteiger partial charge in [-0.05, 0) is 55.0 Å². The summed E-state index contributed by atoms with van der Waals surface area (Å²) in [4.78, 5) is 16.0. The van der Waals surface area contributed by atoms with E-state index in [4.69, 9.17) is 4.74 Å². The first-order valence-corrected chi connectivity index (χ1v) is 11.9. The minimum Gasteiger partial charge on any atom is -0.497 e. The summed E-state index contributed by atoms with van der Waals surface area (Å²) in [5.41, 5.74) is 0.700. The highest BCUT2D eigenvalue weighted by atomic mass is 32.2. The standard InChI is InChI=1S/C21H25NO4S2/c1-3-27-20-7-5-4-6-19(20)21(23)22-14-12-18(13-15-22)28(24,25)17-10-8-16(26-2)9-11-17/h4-11,18H,3,12-15H2,1-2H3. The van der Waals surface area contributed by atoms with Gasteiger partial charge in [0.15, 0.2) is 9.84 Å². The number of piperidine rings is 1. The van der Waals surface area contributed by atoms with Crippen LogP contribution in [-0.4, -0.2) is 50.4 Å². The summed E-state index contributed by atoms with van der Waals surface area (Å²) in [5.74, 6) is 1.51. The lowest BCUT2D eigenvalue weighted by Crippen LogP contribution is -2.42. The summed E-state index contributed by atoms with van der Waals surface area (Å²) < 4.78 is 30.9. The molecule has 2 aromatic carbocycles. The number of methoxy groups -OCH3 is 1. The molecule has 5 nitrogen and oxygen atoms in total. The number of ether oxygens (including phenoxy) is 1. The molecule has 7 heteroatoms. The molecule has 0 spiro atoms. The third-order valence-corrected chi connectivity index (χ3v) is 8.21. The van der Waals surface area contributed by atoms with Gasteiger partial charge in [-0.25, -0.2) is 8.42 Å². The minimum atomic E-state index is -3.42. The Morgan fingerprint density at radius 2 is 1.75 bits per heavy atom. The van der Waals surface area contributed by atoms with Crippen LogP contribution in [0.5, 0.6) is 5.75 Å². The van der Waals surface area contributed by atoms with Gasteiger partial charge < -0.3 is 9.64 Å². The number of carbonyl (C=O) groups excluding carboxylic acids is 1. The lowest BCUT2D eigenvalue weighted by atomic mass is 10.1. The maximum atomic E-state index is 12.9. The Kier molecular flexibility index (Phi) is 6.67. The SMILES string of the molecule is CCSc1ccccc1C(=O)N1CCC(S(=O)(=O)c2ccc(OC)cc2)CC1. The fourth-order valence-corrected chi connectivity index (χ4v) is 5.95. The molecular weight excluding hydrogens is 394 g/mol. The molecule has 150 valence electrons. The van der Waals surface area contributed by atoms with Crippen molar-refractivity contribution in [3.05, 3.63) is 54.1 Å². The fourth-order valence-electron chi connectivity index (χ4n) is 3.42. The van der Waals surface area contributed by atoms with Crippen molar-refractivity contribution in [2.75, 3.05) is 26.0 Å². The molecule has 0 saturated carbocycles.